The molecule has 0 saturated carbocycles. The molecule has 4 N–H and O–H groups in total. The third kappa shape index (κ3) is 2.51. The number of aliphatic hydroxyl groups excluding tert-OH is 1. The molecule has 0 aliphatic carbocycles. The molecule has 0 unspecified atom stereocenters. The van der Waals surface area contributed by atoms with Crippen molar-refractivity contribution in [1.29, 1.82) is 0 Å². The second-order valence-corrected chi connectivity index (χ2v) is 3.49. The maximum atomic E-state index is 8.74. The summed E-state index contributed by atoms with van der Waals surface area (Å²) in [6, 6.07) is 3.61. The van der Waals surface area contributed by atoms with E-state index < -0.39 is 0 Å². The molecule has 0 aliphatic heterocycles. The van der Waals surface area contributed by atoms with Gasteiger partial charge in [0.1, 0.15) is 5.82 Å². The summed E-state index contributed by atoms with van der Waals surface area (Å²) in [4.78, 5) is 8.17. The van der Waals surface area contributed by atoms with E-state index in [1.165, 1.54) is 0 Å². The molecule has 7 nitrogen and oxygen atoms in total. The molecule has 7 heteroatoms. The molecule has 0 spiro atoms. The molecule has 0 bridgehead atoms. The van der Waals surface area contributed by atoms with Crippen LogP contribution in [0.4, 0.5) is 11.8 Å². The highest BCUT2D eigenvalue weighted by atomic mass is 16.3. The SMILES string of the molecule is Cn1nccc1-c1cc(NCCO)nc(N)n1. The molecule has 0 aliphatic rings. The number of nitrogens with two attached hydrogens (primary N) is 1. The van der Waals surface area contributed by atoms with Gasteiger partial charge in [0.25, 0.3) is 0 Å². The number of nitrogens with one attached hydrogen (secondary N) is 1. The maximum Gasteiger partial charge on any atom is 0.222 e. The lowest BCUT2D eigenvalue weighted by Gasteiger charge is -2.07. The normalized spacial score (nSPS) is 10.5. The number of hydrogen-bond acceptors (Lipinski definition) is 6. The first-order chi connectivity index (χ1) is 8.20. The molecular formula is C10H14N6O. The second kappa shape index (κ2) is 4.79. The monoisotopic (exact) mass is 234 g/mol. The van der Waals surface area contributed by atoms with Crippen LogP contribution in [0.1, 0.15) is 0 Å². The van der Waals surface area contributed by atoms with E-state index in [9.17, 15) is 0 Å². The Hall–Kier alpha value is -2.15. The van der Waals surface area contributed by atoms with Crippen molar-refractivity contribution in [3.63, 3.8) is 0 Å². The molecule has 2 rings (SSSR count). The molecule has 0 radical (unpaired) electrons. The maximum absolute atomic E-state index is 8.74. The third-order valence-electron chi connectivity index (χ3n) is 2.24. The van der Waals surface area contributed by atoms with Crippen molar-refractivity contribution in [2.75, 3.05) is 24.2 Å². The van der Waals surface area contributed by atoms with Gasteiger partial charge in [-0.3, -0.25) is 4.68 Å². The summed E-state index contributed by atoms with van der Waals surface area (Å²) in [5.41, 5.74) is 7.18. The van der Waals surface area contributed by atoms with Crippen molar-refractivity contribution >= 4 is 11.8 Å². The van der Waals surface area contributed by atoms with Gasteiger partial charge in [-0.05, 0) is 6.07 Å². The van der Waals surface area contributed by atoms with Gasteiger partial charge in [-0.25, -0.2) is 4.98 Å². The minimum atomic E-state index is 0.0327. The van der Waals surface area contributed by atoms with Crippen LogP contribution >= 0.6 is 0 Å². The quantitative estimate of drug-likeness (QED) is 0.680. The summed E-state index contributed by atoms with van der Waals surface area (Å²) < 4.78 is 1.71. The summed E-state index contributed by atoms with van der Waals surface area (Å²) >= 11 is 0. The van der Waals surface area contributed by atoms with Crippen LogP contribution in [0.25, 0.3) is 11.4 Å². The largest absolute Gasteiger partial charge is 0.395 e. The van der Waals surface area contributed by atoms with Crippen molar-refractivity contribution in [3.8, 4) is 11.4 Å². The number of nitrogen functional groups attached to an aromatic ring is 1. The molecule has 0 aromatic carbocycles. The van der Waals surface area contributed by atoms with Gasteiger partial charge in [0.15, 0.2) is 0 Å². The molecule has 0 saturated heterocycles. The Morgan fingerprint density at radius 1 is 1.47 bits per heavy atom. The van der Waals surface area contributed by atoms with Gasteiger partial charge >= 0.3 is 0 Å². The molecule has 90 valence electrons. The standard InChI is InChI=1S/C10H14N6O/c1-16-8(2-3-13-16)7-6-9(12-4-5-17)15-10(11)14-7/h2-3,6,17H,4-5H2,1H3,(H3,11,12,14,15). The van der Waals surface area contributed by atoms with E-state index in [-0.39, 0.29) is 12.6 Å². The Morgan fingerprint density at radius 2 is 2.29 bits per heavy atom. The number of aryl methyl sites for hydroxylation is 1. The number of hydrogen-bond donors (Lipinski definition) is 3. The lowest BCUT2D eigenvalue weighted by atomic mass is 10.3. The van der Waals surface area contributed by atoms with Gasteiger partial charge in [-0.2, -0.15) is 10.1 Å². The van der Waals surface area contributed by atoms with Crippen molar-refractivity contribution in [3.05, 3.63) is 18.3 Å². The van der Waals surface area contributed by atoms with Gasteiger partial charge < -0.3 is 16.2 Å². The summed E-state index contributed by atoms with van der Waals surface area (Å²) in [6.45, 7) is 0.451. The Labute approximate surface area is 98.3 Å². The van der Waals surface area contributed by atoms with Crippen LogP contribution in [0, 0.1) is 0 Å². The Kier molecular flexibility index (Phi) is 3.20. The van der Waals surface area contributed by atoms with Crippen molar-refractivity contribution in [1.82, 2.24) is 19.7 Å². The Morgan fingerprint density at radius 3 is 2.94 bits per heavy atom. The third-order valence-corrected chi connectivity index (χ3v) is 2.24. The van der Waals surface area contributed by atoms with E-state index in [2.05, 4.69) is 20.4 Å². The zero-order valence-electron chi connectivity index (χ0n) is 9.46. The number of rotatable bonds is 4. The fraction of sp³-hybridized carbons (Fsp3) is 0.300. The fourth-order valence-electron chi connectivity index (χ4n) is 1.50. The van der Waals surface area contributed by atoms with Crippen LogP contribution in [0.15, 0.2) is 18.3 Å². The Balaban J connectivity index is 2.35. The van der Waals surface area contributed by atoms with Crippen LogP contribution < -0.4 is 11.1 Å². The Bertz CT molecular complexity index is 509. The predicted molar refractivity (Wildman–Crippen MR) is 64.2 cm³/mol. The highest BCUT2D eigenvalue weighted by molar-refractivity contribution is 5.60. The highest BCUT2D eigenvalue weighted by Gasteiger charge is 2.07. The molecule has 17 heavy (non-hydrogen) atoms. The predicted octanol–water partition coefficient (Wildman–Crippen LogP) is -0.137. The van der Waals surface area contributed by atoms with Crippen LogP contribution in [-0.4, -0.2) is 38.0 Å². The van der Waals surface area contributed by atoms with Gasteiger partial charge in [-0.1, -0.05) is 0 Å². The molecule has 2 aromatic rings. The minimum absolute atomic E-state index is 0.0327. The summed E-state index contributed by atoms with van der Waals surface area (Å²) in [7, 11) is 1.83. The van der Waals surface area contributed by atoms with E-state index in [4.69, 9.17) is 10.8 Å². The van der Waals surface area contributed by atoms with E-state index in [0.29, 0.717) is 18.1 Å². The van der Waals surface area contributed by atoms with Gasteiger partial charge in [0, 0.05) is 25.9 Å². The van der Waals surface area contributed by atoms with E-state index >= 15 is 0 Å². The van der Waals surface area contributed by atoms with Gasteiger partial charge in [-0.15, -0.1) is 0 Å². The summed E-state index contributed by atoms with van der Waals surface area (Å²) in [6.07, 6.45) is 1.69. The van der Waals surface area contributed by atoms with Crippen molar-refractivity contribution < 1.29 is 5.11 Å². The molecular weight excluding hydrogens is 220 g/mol. The minimum Gasteiger partial charge on any atom is -0.395 e. The average Bonchev–Trinajstić information content (AvgIpc) is 2.72. The van der Waals surface area contributed by atoms with E-state index in [1.54, 1.807) is 16.9 Å². The second-order valence-electron chi connectivity index (χ2n) is 3.49. The van der Waals surface area contributed by atoms with E-state index in [0.717, 1.165) is 5.69 Å². The molecule has 0 fully saturated rings. The van der Waals surface area contributed by atoms with Crippen LogP contribution in [0.3, 0.4) is 0 Å². The van der Waals surface area contributed by atoms with Crippen LogP contribution in [0.5, 0.6) is 0 Å². The smallest absolute Gasteiger partial charge is 0.222 e. The van der Waals surface area contributed by atoms with Crippen molar-refractivity contribution in [2.45, 2.75) is 0 Å². The summed E-state index contributed by atoms with van der Waals surface area (Å²) in [5, 5.41) is 15.8. The lowest BCUT2D eigenvalue weighted by Crippen LogP contribution is -2.09. The molecule has 2 heterocycles. The van der Waals surface area contributed by atoms with Gasteiger partial charge in [0.2, 0.25) is 5.95 Å². The zero-order valence-corrected chi connectivity index (χ0v) is 9.46. The molecule has 0 amide bonds. The number of aliphatic hydroxyl groups is 1. The first-order valence-corrected chi connectivity index (χ1v) is 5.18. The van der Waals surface area contributed by atoms with Gasteiger partial charge in [0.05, 0.1) is 18.0 Å². The van der Waals surface area contributed by atoms with Crippen LogP contribution in [-0.2, 0) is 7.05 Å². The highest BCUT2D eigenvalue weighted by Crippen LogP contribution is 2.19. The van der Waals surface area contributed by atoms with Crippen LogP contribution in [0.2, 0.25) is 0 Å². The lowest BCUT2D eigenvalue weighted by molar-refractivity contribution is 0.311. The first-order valence-electron chi connectivity index (χ1n) is 5.18. The first kappa shape index (κ1) is 11.3. The number of nitrogens with zero attached hydrogens (tertiary/aromatic N) is 4. The topological polar surface area (TPSA) is 102 Å². The number of anilines is 2. The molecule has 2 aromatic heterocycles. The average molecular weight is 234 g/mol. The number of aromatic nitrogens is 4. The molecule has 0 atom stereocenters. The fourth-order valence-corrected chi connectivity index (χ4v) is 1.50. The zero-order chi connectivity index (χ0) is 12.3. The summed E-state index contributed by atoms with van der Waals surface area (Å²) in [5.74, 6) is 0.770. The van der Waals surface area contributed by atoms with E-state index in [1.807, 2.05) is 13.1 Å². The van der Waals surface area contributed by atoms with Crippen molar-refractivity contribution in [2.24, 2.45) is 7.05 Å².